The standard InChI is InChI=1S/C14H14O4/c1-3-5-9-8-11(15)13-10(14(16)17-2)6-4-7-12(13)18-9/h4,6-8H,3,5H2,1-2H3. The number of carbonyl (C=O) groups excluding carboxylic acids is 1. The summed E-state index contributed by atoms with van der Waals surface area (Å²) in [6.07, 6.45) is 1.60. The molecule has 0 spiro atoms. The molecule has 2 rings (SSSR count). The average molecular weight is 246 g/mol. The number of benzene rings is 1. The van der Waals surface area contributed by atoms with Gasteiger partial charge >= 0.3 is 5.97 Å². The van der Waals surface area contributed by atoms with E-state index in [-0.39, 0.29) is 16.4 Å². The molecule has 1 aromatic carbocycles. The van der Waals surface area contributed by atoms with Crippen molar-refractivity contribution in [2.75, 3.05) is 7.11 Å². The minimum absolute atomic E-state index is 0.208. The van der Waals surface area contributed by atoms with Crippen molar-refractivity contribution in [1.82, 2.24) is 0 Å². The van der Waals surface area contributed by atoms with Gasteiger partial charge in [0.1, 0.15) is 11.3 Å². The summed E-state index contributed by atoms with van der Waals surface area (Å²) < 4.78 is 10.3. The first-order chi connectivity index (χ1) is 8.67. The van der Waals surface area contributed by atoms with Gasteiger partial charge in [-0.3, -0.25) is 4.79 Å². The number of ether oxygens (including phenoxy) is 1. The molecule has 4 heteroatoms. The molecule has 18 heavy (non-hydrogen) atoms. The SMILES string of the molecule is CCCc1cc(=O)c2c(C(=O)OC)cccc2o1. The molecular formula is C14H14O4. The van der Waals surface area contributed by atoms with Crippen LogP contribution in [0.15, 0.2) is 33.5 Å². The second-order valence-electron chi connectivity index (χ2n) is 4.00. The van der Waals surface area contributed by atoms with Crippen LogP contribution in [0.2, 0.25) is 0 Å². The molecular weight excluding hydrogens is 232 g/mol. The molecule has 0 aliphatic carbocycles. The number of hydrogen-bond donors (Lipinski definition) is 0. The van der Waals surface area contributed by atoms with Crippen molar-refractivity contribution < 1.29 is 13.9 Å². The van der Waals surface area contributed by atoms with E-state index >= 15 is 0 Å². The van der Waals surface area contributed by atoms with E-state index in [1.165, 1.54) is 13.2 Å². The molecule has 0 saturated heterocycles. The topological polar surface area (TPSA) is 56.5 Å². The van der Waals surface area contributed by atoms with Gasteiger partial charge in [0, 0.05) is 12.5 Å². The number of carbonyl (C=O) groups is 1. The number of aryl methyl sites for hydroxylation is 1. The van der Waals surface area contributed by atoms with E-state index in [9.17, 15) is 9.59 Å². The maximum atomic E-state index is 12.0. The minimum Gasteiger partial charge on any atom is -0.465 e. The molecule has 0 aliphatic heterocycles. The lowest BCUT2D eigenvalue weighted by atomic mass is 10.1. The zero-order valence-electron chi connectivity index (χ0n) is 10.4. The molecule has 0 radical (unpaired) electrons. The van der Waals surface area contributed by atoms with Crippen LogP contribution in [0, 0.1) is 0 Å². The smallest absolute Gasteiger partial charge is 0.338 e. The zero-order chi connectivity index (χ0) is 13.1. The number of fused-ring (bicyclic) bond motifs is 1. The van der Waals surface area contributed by atoms with Crippen LogP contribution in [0.4, 0.5) is 0 Å². The largest absolute Gasteiger partial charge is 0.465 e. The van der Waals surface area contributed by atoms with E-state index in [2.05, 4.69) is 4.74 Å². The predicted molar refractivity (Wildman–Crippen MR) is 67.8 cm³/mol. The van der Waals surface area contributed by atoms with Gasteiger partial charge in [0.25, 0.3) is 0 Å². The summed E-state index contributed by atoms with van der Waals surface area (Å²) in [7, 11) is 1.29. The third-order valence-electron chi connectivity index (χ3n) is 2.71. The molecule has 94 valence electrons. The van der Waals surface area contributed by atoms with Gasteiger partial charge in [0.05, 0.1) is 18.1 Å². The van der Waals surface area contributed by atoms with Crippen LogP contribution in [0.3, 0.4) is 0 Å². The molecule has 0 unspecified atom stereocenters. The molecule has 0 bridgehead atoms. The van der Waals surface area contributed by atoms with Crippen LogP contribution in [0.1, 0.15) is 29.5 Å². The molecule has 0 amide bonds. The van der Waals surface area contributed by atoms with Crippen molar-refractivity contribution >= 4 is 16.9 Å². The minimum atomic E-state index is -0.531. The molecule has 1 heterocycles. The van der Waals surface area contributed by atoms with Crippen LogP contribution < -0.4 is 5.43 Å². The molecule has 0 aliphatic rings. The highest BCUT2D eigenvalue weighted by atomic mass is 16.5. The lowest BCUT2D eigenvalue weighted by molar-refractivity contribution is 0.0603. The summed E-state index contributed by atoms with van der Waals surface area (Å²) in [6.45, 7) is 2.01. The maximum Gasteiger partial charge on any atom is 0.338 e. The fraction of sp³-hybridized carbons (Fsp3) is 0.286. The molecule has 4 nitrogen and oxygen atoms in total. The van der Waals surface area contributed by atoms with Gasteiger partial charge in [-0.05, 0) is 18.6 Å². The molecule has 2 aromatic rings. The Morgan fingerprint density at radius 1 is 1.39 bits per heavy atom. The summed E-state index contributed by atoms with van der Waals surface area (Å²) in [6, 6.07) is 6.36. The van der Waals surface area contributed by atoms with Crippen molar-refractivity contribution in [3.05, 3.63) is 45.8 Å². The summed E-state index contributed by atoms with van der Waals surface area (Å²) in [5, 5.41) is 0.282. The summed E-state index contributed by atoms with van der Waals surface area (Å²) in [4.78, 5) is 23.6. The van der Waals surface area contributed by atoms with Crippen LogP contribution in [-0.4, -0.2) is 13.1 Å². The van der Waals surface area contributed by atoms with Gasteiger partial charge in [-0.25, -0.2) is 4.79 Å². The lowest BCUT2D eigenvalue weighted by Crippen LogP contribution is -2.10. The van der Waals surface area contributed by atoms with Crippen molar-refractivity contribution in [2.45, 2.75) is 19.8 Å². The van der Waals surface area contributed by atoms with E-state index in [0.717, 1.165) is 6.42 Å². The van der Waals surface area contributed by atoms with Crippen LogP contribution in [-0.2, 0) is 11.2 Å². The fourth-order valence-electron chi connectivity index (χ4n) is 1.91. The van der Waals surface area contributed by atoms with Crippen LogP contribution in [0.25, 0.3) is 11.0 Å². The molecule has 0 fully saturated rings. The maximum absolute atomic E-state index is 12.0. The van der Waals surface area contributed by atoms with Crippen LogP contribution >= 0.6 is 0 Å². The highest BCUT2D eigenvalue weighted by Gasteiger charge is 2.14. The fourth-order valence-corrected chi connectivity index (χ4v) is 1.91. The Labute approximate surface area is 104 Å². The van der Waals surface area contributed by atoms with Crippen molar-refractivity contribution in [3.63, 3.8) is 0 Å². The highest BCUT2D eigenvalue weighted by Crippen LogP contribution is 2.18. The molecule has 0 saturated carbocycles. The predicted octanol–water partition coefficient (Wildman–Crippen LogP) is 2.53. The van der Waals surface area contributed by atoms with E-state index in [1.807, 2.05) is 6.92 Å². The zero-order valence-corrected chi connectivity index (χ0v) is 10.4. The van der Waals surface area contributed by atoms with Gasteiger partial charge in [-0.15, -0.1) is 0 Å². The lowest BCUT2D eigenvalue weighted by Gasteiger charge is -2.05. The van der Waals surface area contributed by atoms with Gasteiger partial charge in [0.2, 0.25) is 0 Å². The average Bonchev–Trinajstić information content (AvgIpc) is 2.37. The van der Waals surface area contributed by atoms with E-state index in [0.29, 0.717) is 17.8 Å². The Balaban J connectivity index is 2.71. The molecule has 0 atom stereocenters. The number of methoxy groups -OCH3 is 1. The summed E-state index contributed by atoms with van der Waals surface area (Å²) >= 11 is 0. The van der Waals surface area contributed by atoms with Crippen molar-refractivity contribution in [3.8, 4) is 0 Å². The first-order valence-electron chi connectivity index (χ1n) is 5.81. The Kier molecular flexibility index (Phi) is 3.46. The van der Waals surface area contributed by atoms with E-state index in [4.69, 9.17) is 4.42 Å². The van der Waals surface area contributed by atoms with Crippen molar-refractivity contribution in [2.24, 2.45) is 0 Å². The second kappa shape index (κ2) is 5.04. The van der Waals surface area contributed by atoms with Gasteiger partial charge in [-0.2, -0.15) is 0 Å². The Morgan fingerprint density at radius 3 is 2.83 bits per heavy atom. The quantitative estimate of drug-likeness (QED) is 0.781. The van der Waals surface area contributed by atoms with Crippen molar-refractivity contribution in [1.29, 1.82) is 0 Å². The second-order valence-corrected chi connectivity index (χ2v) is 4.00. The highest BCUT2D eigenvalue weighted by molar-refractivity contribution is 6.02. The van der Waals surface area contributed by atoms with Gasteiger partial charge in [0.15, 0.2) is 5.43 Å². The first kappa shape index (κ1) is 12.4. The monoisotopic (exact) mass is 246 g/mol. The molecule has 0 N–H and O–H groups in total. The normalized spacial score (nSPS) is 10.6. The Hall–Kier alpha value is -2.10. The number of rotatable bonds is 3. The van der Waals surface area contributed by atoms with Gasteiger partial charge in [-0.1, -0.05) is 13.0 Å². The van der Waals surface area contributed by atoms with E-state index in [1.54, 1.807) is 18.2 Å². The number of hydrogen-bond acceptors (Lipinski definition) is 4. The number of esters is 1. The van der Waals surface area contributed by atoms with Gasteiger partial charge < -0.3 is 9.15 Å². The Bertz CT molecular complexity index is 640. The van der Waals surface area contributed by atoms with E-state index < -0.39 is 5.97 Å². The summed E-state index contributed by atoms with van der Waals surface area (Å²) in [5.41, 5.74) is 0.460. The third kappa shape index (κ3) is 2.14. The third-order valence-corrected chi connectivity index (χ3v) is 2.71. The summed E-state index contributed by atoms with van der Waals surface area (Å²) in [5.74, 6) is 0.105. The van der Waals surface area contributed by atoms with Crippen LogP contribution in [0.5, 0.6) is 0 Å². The molecule has 1 aromatic heterocycles. The Morgan fingerprint density at radius 2 is 2.17 bits per heavy atom. The first-order valence-corrected chi connectivity index (χ1v) is 5.81.